The predicted octanol–water partition coefficient (Wildman–Crippen LogP) is -0.298. The summed E-state index contributed by atoms with van der Waals surface area (Å²) in [5, 5.41) is 2.60. The van der Waals surface area contributed by atoms with Gasteiger partial charge in [-0.15, -0.1) is 0 Å². The molecule has 1 amide bonds. The Hall–Kier alpha value is -3.86. The number of esters is 3. The molecule has 242 valence electrons. The highest BCUT2D eigenvalue weighted by molar-refractivity contribution is 7.89. The minimum Gasteiger partial charge on any atom is -0.463 e. The number of rotatable bonds is 14. The van der Waals surface area contributed by atoms with Crippen LogP contribution in [0.1, 0.15) is 39.7 Å². The van der Waals surface area contributed by atoms with Crippen molar-refractivity contribution in [3.63, 3.8) is 0 Å². The Labute approximate surface area is 255 Å². The second-order valence-corrected chi connectivity index (χ2v) is 12.0. The molecule has 1 aromatic heterocycles. The zero-order valence-electron chi connectivity index (χ0n) is 25.3. The Balaban J connectivity index is 1.63. The van der Waals surface area contributed by atoms with Crippen molar-refractivity contribution in [2.24, 2.45) is 7.05 Å². The number of sulfonamides is 1. The van der Waals surface area contributed by atoms with Crippen LogP contribution in [-0.2, 0) is 66.5 Å². The number of nitrogens with one attached hydrogen (secondary N) is 2. The number of carbonyl (C=O) groups is 4. The van der Waals surface area contributed by atoms with E-state index in [0.29, 0.717) is 6.54 Å². The van der Waals surface area contributed by atoms with Gasteiger partial charge < -0.3 is 29.0 Å². The highest BCUT2D eigenvalue weighted by Crippen LogP contribution is 2.28. The van der Waals surface area contributed by atoms with E-state index in [1.165, 1.54) is 26.0 Å². The van der Waals surface area contributed by atoms with Crippen molar-refractivity contribution in [2.75, 3.05) is 19.8 Å². The van der Waals surface area contributed by atoms with Gasteiger partial charge in [-0.3, -0.25) is 19.2 Å². The average Bonchev–Trinajstić information content (AvgIpc) is 3.34. The van der Waals surface area contributed by atoms with Crippen LogP contribution in [0.3, 0.4) is 0 Å². The van der Waals surface area contributed by atoms with Crippen LogP contribution in [0.25, 0.3) is 0 Å². The van der Waals surface area contributed by atoms with Crippen LogP contribution in [0.2, 0.25) is 0 Å². The van der Waals surface area contributed by atoms with Crippen molar-refractivity contribution >= 4 is 33.8 Å². The largest absolute Gasteiger partial charge is 0.463 e. The fourth-order valence-electron chi connectivity index (χ4n) is 4.57. The van der Waals surface area contributed by atoms with Gasteiger partial charge in [0.25, 0.3) is 0 Å². The molecule has 2 heterocycles. The third kappa shape index (κ3) is 10.4. The maximum Gasteiger partial charge on any atom is 0.303 e. The fourth-order valence-corrected chi connectivity index (χ4v) is 5.65. The summed E-state index contributed by atoms with van der Waals surface area (Å²) in [5.74, 6) is -2.58. The number of aromatic nitrogens is 2. The number of amides is 1. The van der Waals surface area contributed by atoms with Gasteiger partial charge in [0.1, 0.15) is 37.7 Å². The second kappa shape index (κ2) is 15.7. The van der Waals surface area contributed by atoms with Gasteiger partial charge in [0.05, 0.1) is 18.6 Å². The van der Waals surface area contributed by atoms with Crippen molar-refractivity contribution in [3.05, 3.63) is 48.5 Å². The highest BCUT2D eigenvalue weighted by Gasteiger charge is 2.51. The van der Waals surface area contributed by atoms with E-state index >= 15 is 0 Å². The van der Waals surface area contributed by atoms with Crippen LogP contribution < -0.4 is 14.6 Å². The lowest BCUT2D eigenvalue weighted by Gasteiger charge is -2.44. The van der Waals surface area contributed by atoms with Crippen molar-refractivity contribution in [1.29, 1.82) is 0 Å². The molecular weight excluding hydrogens is 600 g/mol. The molecule has 2 aromatic rings. The summed E-state index contributed by atoms with van der Waals surface area (Å²) in [7, 11) is -1.89. The molecule has 0 radical (unpaired) electrons. The quantitative estimate of drug-likeness (QED) is 0.120. The van der Waals surface area contributed by atoms with E-state index in [0.717, 1.165) is 19.4 Å². The van der Waals surface area contributed by atoms with E-state index in [2.05, 4.69) is 10.0 Å². The van der Waals surface area contributed by atoms with E-state index in [1.54, 1.807) is 12.1 Å². The number of imidazole rings is 1. The number of nitrogens with zero attached hydrogens (tertiary/aromatic N) is 2. The van der Waals surface area contributed by atoms with Crippen molar-refractivity contribution in [2.45, 2.75) is 76.2 Å². The third-order valence-electron chi connectivity index (χ3n) is 6.39. The monoisotopic (exact) mass is 639 g/mol. The van der Waals surface area contributed by atoms with E-state index < -0.39 is 64.5 Å². The average molecular weight is 640 g/mol. The summed E-state index contributed by atoms with van der Waals surface area (Å²) >= 11 is 0. The predicted molar refractivity (Wildman–Crippen MR) is 151 cm³/mol. The molecule has 0 saturated carbocycles. The minimum atomic E-state index is -3.80. The molecule has 1 fully saturated rings. The summed E-state index contributed by atoms with van der Waals surface area (Å²) in [6.07, 6.45) is 1.12. The lowest BCUT2D eigenvalue weighted by Crippen LogP contribution is -2.66. The Morgan fingerprint density at radius 1 is 0.977 bits per heavy atom. The Bertz CT molecular complexity index is 1410. The lowest BCUT2D eigenvalue weighted by atomic mass is 9.96. The number of ether oxygens (including phenoxy) is 5. The van der Waals surface area contributed by atoms with Crippen LogP contribution in [0.4, 0.5) is 0 Å². The zero-order chi connectivity index (χ0) is 32.4. The van der Waals surface area contributed by atoms with Gasteiger partial charge >= 0.3 is 17.9 Å². The maximum atomic E-state index is 12.8. The van der Waals surface area contributed by atoms with E-state index in [9.17, 15) is 27.6 Å². The van der Waals surface area contributed by atoms with E-state index in [4.69, 9.17) is 23.7 Å². The van der Waals surface area contributed by atoms with Gasteiger partial charge in [-0.25, -0.2) is 22.3 Å². The van der Waals surface area contributed by atoms with Gasteiger partial charge in [-0.1, -0.05) is 12.1 Å². The first-order valence-electron chi connectivity index (χ1n) is 13.9. The number of hydrogen-bond acceptors (Lipinski definition) is 11. The number of aryl methyl sites for hydroxylation is 1. The maximum absolute atomic E-state index is 12.8. The summed E-state index contributed by atoms with van der Waals surface area (Å²) in [4.78, 5) is 47.4. The molecule has 1 aliphatic rings. The van der Waals surface area contributed by atoms with Crippen LogP contribution in [-0.4, -0.2) is 87.2 Å². The van der Waals surface area contributed by atoms with Crippen molar-refractivity contribution in [1.82, 2.24) is 14.6 Å². The first-order valence-corrected chi connectivity index (χ1v) is 15.3. The third-order valence-corrected chi connectivity index (χ3v) is 7.87. The van der Waals surface area contributed by atoms with Crippen LogP contribution in [0.5, 0.6) is 0 Å². The van der Waals surface area contributed by atoms with Gasteiger partial charge in [-0.05, 0) is 24.1 Å². The molecule has 0 bridgehead atoms. The molecule has 15 nitrogen and oxygen atoms in total. The smallest absolute Gasteiger partial charge is 0.303 e. The zero-order valence-corrected chi connectivity index (χ0v) is 26.1. The molecule has 0 unspecified atom stereocenters. The molecule has 0 spiro atoms. The first kappa shape index (κ1) is 34.6. The van der Waals surface area contributed by atoms with Crippen LogP contribution in [0, 0.1) is 0 Å². The Morgan fingerprint density at radius 2 is 1.64 bits per heavy atom. The van der Waals surface area contributed by atoms with Gasteiger partial charge in [0, 0.05) is 34.2 Å². The Kier molecular flexibility index (Phi) is 12.4. The highest BCUT2D eigenvalue weighted by atomic mass is 32.2. The number of hydrogen-bond donors (Lipinski definition) is 2. The van der Waals surface area contributed by atoms with Crippen LogP contribution in [0.15, 0.2) is 47.9 Å². The van der Waals surface area contributed by atoms with Crippen molar-refractivity contribution < 1.29 is 55.8 Å². The van der Waals surface area contributed by atoms with E-state index in [-0.39, 0.29) is 31.1 Å². The molecule has 1 aliphatic heterocycles. The van der Waals surface area contributed by atoms with Gasteiger partial charge in [0.15, 0.2) is 18.5 Å². The lowest BCUT2D eigenvalue weighted by molar-refractivity contribution is -0.671. The number of benzene rings is 1. The minimum absolute atomic E-state index is 0.0157. The van der Waals surface area contributed by atoms with E-state index in [1.807, 2.05) is 34.9 Å². The fraction of sp³-hybridized carbons (Fsp3) is 0.536. The summed E-state index contributed by atoms with van der Waals surface area (Å²) in [6.45, 7) is 4.91. The summed E-state index contributed by atoms with van der Waals surface area (Å²) < 4.78 is 59.6. The molecule has 5 atom stereocenters. The van der Waals surface area contributed by atoms with Crippen molar-refractivity contribution in [3.8, 4) is 0 Å². The molecule has 44 heavy (non-hydrogen) atoms. The molecule has 16 heteroatoms. The molecular formula is C28H39N4O11S+. The molecule has 1 saturated heterocycles. The van der Waals surface area contributed by atoms with Gasteiger partial charge in [0.2, 0.25) is 22.3 Å². The van der Waals surface area contributed by atoms with Gasteiger partial charge in [-0.2, -0.15) is 0 Å². The molecule has 2 N–H and O–H groups in total. The summed E-state index contributed by atoms with van der Waals surface area (Å²) in [5.41, 5.74) is 0.935. The second-order valence-electron chi connectivity index (χ2n) is 10.2. The normalized spacial score (nSPS) is 21.7. The Morgan fingerprint density at radius 3 is 2.20 bits per heavy atom. The number of carbonyl (C=O) groups excluding carboxylic acids is 4. The molecule has 1 aromatic carbocycles. The SMILES string of the molecule is CC(=O)N[C@H]1[C@H](OCCCNS(=O)(=O)c2ccc(Cn3cc[n+](C)c3)cc2)O[C@H](COC(C)=O)[C@@H](OC(C)=O)[C@@H]1OC(C)=O. The first-order chi connectivity index (χ1) is 20.7. The topological polar surface area (TPSA) is 181 Å². The molecule has 0 aliphatic carbocycles. The standard InChI is InChI=1S/C28H38N4O11S/c1-18(33)30-25-27(42-21(4)36)26(41-20(3)35)24(16-40-19(2)34)43-28(25)39-14-6-11-29-44(37,38)23-9-7-22(8-10-23)15-32-13-12-31(5)17-32/h7-10,12-13,17,24-29H,6,11,14-16H2,1-5H3/p+1/t24-,25-,26-,27-,28-/m1/s1. The molecule has 3 rings (SSSR count). The van der Waals surface area contributed by atoms with Crippen LogP contribution >= 0.6 is 0 Å². The summed E-state index contributed by atoms with van der Waals surface area (Å²) in [6, 6.07) is 5.44.